The topological polar surface area (TPSA) is 69.4 Å². The minimum absolute atomic E-state index is 0.0353. The van der Waals surface area contributed by atoms with Crippen LogP contribution in [-0.4, -0.2) is 48.3 Å². The summed E-state index contributed by atoms with van der Waals surface area (Å²) in [5.41, 5.74) is 1.56. The van der Waals surface area contributed by atoms with E-state index < -0.39 is 8.41 Å². The van der Waals surface area contributed by atoms with Crippen molar-refractivity contribution < 1.29 is 18.7 Å². The van der Waals surface area contributed by atoms with Gasteiger partial charge in [-0.2, -0.15) is 0 Å². The Morgan fingerprint density at radius 2 is 2.11 bits per heavy atom. The van der Waals surface area contributed by atoms with Crippen LogP contribution in [0.5, 0.6) is 5.75 Å². The molecule has 0 saturated carbocycles. The zero-order valence-electron chi connectivity index (χ0n) is 17.0. The lowest BCUT2D eigenvalue weighted by Gasteiger charge is -2.43. The number of hydrogen-bond donors (Lipinski definition) is 1. The summed E-state index contributed by atoms with van der Waals surface area (Å²) in [6.45, 7) is 6.17. The maximum Gasteiger partial charge on any atom is 0.247 e. The number of halogens is 1. The Labute approximate surface area is 166 Å². The van der Waals surface area contributed by atoms with Crippen LogP contribution in [0.15, 0.2) is 30.5 Å². The molecule has 0 spiro atoms. The van der Waals surface area contributed by atoms with Crippen LogP contribution in [0.25, 0.3) is 0 Å². The van der Waals surface area contributed by atoms with E-state index >= 15 is 4.11 Å². The molecule has 3 rings (SSSR count). The molecule has 1 aliphatic rings. The highest BCUT2D eigenvalue weighted by Gasteiger charge is 2.47. The third kappa shape index (κ3) is 4.44. The third-order valence-corrected chi connectivity index (χ3v) is 8.02. The minimum Gasteiger partial charge on any atom is -0.490 e. The van der Waals surface area contributed by atoms with Gasteiger partial charge in [-0.05, 0) is 25.6 Å². The lowest BCUT2D eigenvalue weighted by Crippen LogP contribution is -2.46. The third-order valence-electron chi connectivity index (χ3n) is 5.64. The number of aliphatic hydroxyl groups is 1. The number of ether oxygens (including phenoxy) is 2. The molecule has 0 aliphatic carbocycles. The quantitative estimate of drug-likeness (QED) is 0.535. The minimum atomic E-state index is -3.02. The van der Waals surface area contributed by atoms with E-state index in [0.717, 1.165) is 17.0 Å². The van der Waals surface area contributed by atoms with Crippen LogP contribution in [0.3, 0.4) is 0 Å². The summed E-state index contributed by atoms with van der Waals surface area (Å²) in [5, 5.41) is 17.2. The second kappa shape index (κ2) is 8.71. The van der Waals surface area contributed by atoms with Gasteiger partial charge in [-0.25, -0.2) is 0 Å². The van der Waals surface area contributed by atoms with Crippen LogP contribution in [0.1, 0.15) is 30.7 Å². The van der Waals surface area contributed by atoms with Crippen molar-refractivity contribution in [3.05, 3.63) is 41.7 Å². The number of hydrogen-bond acceptors (Lipinski definition) is 5. The highest BCUT2D eigenvalue weighted by Crippen LogP contribution is 2.47. The van der Waals surface area contributed by atoms with E-state index in [1.807, 2.05) is 30.5 Å². The van der Waals surface area contributed by atoms with Crippen molar-refractivity contribution in [3.63, 3.8) is 0 Å². The fourth-order valence-corrected chi connectivity index (χ4v) is 6.14. The summed E-state index contributed by atoms with van der Waals surface area (Å²) >= 11 is 0. The van der Waals surface area contributed by atoms with Crippen molar-refractivity contribution in [2.75, 3.05) is 13.7 Å². The average Bonchev–Trinajstić information content (AvgIpc) is 3.09. The standard InChI is InChI=1S/C20H30FN3O3Si/c1-14-19(26-2)16-7-5-6-8-17(16)27-20(14)18(28(3,4)21)9-11-24-13-15(10-12-25)22-23-24/h5-8,13-14,18-20,25H,9-12H2,1-4H3/t14-,18?,19-,20-/m0/s1. The van der Waals surface area contributed by atoms with Gasteiger partial charge in [0.25, 0.3) is 0 Å². The SMILES string of the molecule is CO[C@@H]1c2ccccc2O[C@H](C(CCn2cc(CCO)nn2)[Si](C)(C)F)[C@H]1C. The molecule has 2 aromatic rings. The van der Waals surface area contributed by atoms with Crippen molar-refractivity contribution in [2.45, 2.75) is 57.2 Å². The van der Waals surface area contributed by atoms with Gasteiger partial charge >= 0.3 is 0 Å². The summed E-state index contributed by atoms with van der Waals surface area (Å²) in [7, 11) is -1.32. The first-order valence-electron chi connectivity index (χ1n) is 9.82. The fourth-order valence-electron chi connectivity index (χ4n) is 4.17. The predicted molar refractivity (Wildman–Crippen MR) is 108 cm³/mol. The van der Waals surface area contributed by atoms with E-state index in [0.29, 0.717) is 19.4 Å². The van der Waals surface area contributed by atoms with Crippen LogP contribution in [0.2, 0.25) is 18.6 Å². The molecule has 0 amide bonds. The molecule has 1 aliphatic heterocycles. The molecule has 6 nitrogen and oxygen atoms in total. The second-order valence-electron chi connectivity index (χ2n) is 8.04. The van der Waals surface area contributed by atoms with Gasteiger partial charge in [0.05, 0.1) is 11.8 Å². The summed E-state index contributed by atoms with van der Waals surface area (Å²) < 4.78 is 29.2. The van der Waals surface area contributed by atoms with Crippen LogP contribution in [0.4, 0.5) is 4.11 Å². The highest BCUT2D eigenvalue weighted by molar-refractivity contribution is 6.72. The fraction of sp³-hybridized carbons (Fsp3) is 0.600. The Bertz CT molecular complexity index is 780. The van der Waals surface area contributed by atoms with E-state index in [1.165, 1.54) is 0 Å². The maximum atomic E-state index is 15.4. The molecule has 1 N–H and O–H groups in total. The second-order valence-corrected chi connectivity index (χ2v) is 11.9. The Morgan fingerprint density at radius 1 is 1.36 bits per heavy atom. The molecule has 1 aromatic heterocycles. The van der Waals surface area contributed by atoms with Crippen LogP contribution in [-0.2, 0) is 17.7 Å². The molecule has 0 bridgehead atoms. The molecule has 1 aromatic carbocycles. The molecule has 1 unspecified atom stereocenters. The predicted octanol–water partition coefficient (Wildman–Crippen LogP) is 3.53. The highest BCUT2D eigenvalue weighted by atomic mass is 28.4. The van der Waals surface area contributed by atoms with Gasteiger partial charge in [0.1, 0.15) is 11.9 Å². The van der Waals surface area contributed by atoms with E-state index in [1.54, 1.807) is 24.9 Å². The van der Waals surface area contributed by atoms with E-state index in [9.17, 15) is 0 Å². The van der Waals surface area contributed by atoms with Crippen molar-refractivity contribution in [1.82, 2.24) is 15.0 Å². The van der Waals surface area contributed by atoms with Gasteiger partial charge < -0.3 is 18.7 Å². The molecular weight excluding hydrogens is 377 g/mol. The Hall–Kier alpha value is -1.77. The largest absolute Gasteiger partial charge is 0.490 e. The number of nitrogens with zero attached hydrogens (tertiary/aromatic N) is 3. The Morgan fingerprint density at radius 3 is 2.79 bits per heavy atom. The number of fused-ring (bicyclic) bond motifs is 1. The lowest BCUT2D eigenvalue weighted by molar-refractivity contribution is -0.0242. The molecule has 28 heavy (non-hydrogen) atoms. The van der Waals surface area contributed by atoms with Gasteiger partial charge in [-0.3, -0.25) is 4.68 Å². The number of aromatic nitrogens is 3. The molecule has 0 radical (unpaired) electrons. The van der Waals surface area contributed by atoms with E-state index in [-0.39, 0.29) is 30.3 Å². The first-order chi connectivity index (χ1) is 13.3. The molecule has 2 heterocycles. The number of methoxy groups -OCH3 is 1. The van der Waals surface area contributed by atoms with E-state index in [4.69, 9.17) is 14.6 Å². The van der Waals surface area contributed by atoms with Crippen LogP contribution in [0, 0.1) is 5.92 Å². The van der Waals surface area contributed by atoms with Crippen LogP contribution >= 0.6 is 0 Å². The van der Waals surface area contributed by atoms with E-state index in [2.05, 4.69) is 17.2 Å². The molecule has 4 atom stereocenters. The normalized spacial score (nSPS) is 23.1. The van der Waals surface area contributed by atoms with Crippen molar-refractivity contribution >= 4 is 8.41 Å². The Kier molecular flexibility index (Phi) is 6.52. The number of para-hydroxylation sites is 1. The van der Waals surface area contributed by atoms with Crippen molar-refractivity contribution in [1.29, 1.82) is 0 Å². The zero-order valence-corrected chi connectivity index (χ0v) is 18.0. The zero-order chi connectivity index (χ0) is 20.3. The monoisotopic (exact) mass is 407 g/mol. The number of aliphatic hydroxyl groups excluding tert-OH is 1. The molecular formula is C20H30FN3O3Si. The number of aryl methyl sites for hydroxylation is 1. The summed E-state index contributed by atoms with van der Waals surface area (Å²) in [6.07, 6.45) is 2.54. The van der Waals surface area contributed by atoms with Crippen molar-refractivity contribution in [3.8, 4) is 5.75 Å². The first kappa shape index (κ1) is 20.9. The van der Waals surface area contributed by atoms with Crippen molar-refractivity contribution in [2.24, 2.45) is 5.92 Å². The maximum absolute atomic E-state index is 15.4. The summed E-state index contributed by atoms with van der Waals surface area (Å²) in [4.78, 5) is 0. The summed E-state index contributed by atoms with van der Waals surface area (Å²) in [5.74, 6) is 0.819. The molecule has 0 saturated heterocycles. The smallest absolute Gasteiger partial charge is 0.247 e. The van der Waals surface area contributed by atoms with Gasteiger partial charge in [0, 0.05) is 49.9 Å². The van der Waals surface area contributed by atoms with Gasteiger partial charge in [-0.1, -0.05) is 30.3 Å². The Balaban J connectivity index is 1.81. The van der Waals surface area contributed by atoms with Crippen LogP contribution < -0.4 is 4.74 Å². The first-order valence-corrected chi connectivity index (χ1v) is 12.8. The molecule has 154 valence electrons. The number of benzene rings is 1. The lowest BCUT2D eigenvalue weighted by atomic mass is 9.86. The molecule has 8 heteroatoms. The number of rotatable bonds is 8. The van der Waals surface area contributed by atoms with Gasteiger partial charge in [0.2, 0.25) is 8.41 Å². The average molecular weight is 408 g/mol. The van der Waals surface area contributed by atoms with Gasteiger partial charge in [0.15, 0.2) is 0 Å². The molecule has 0 fully saturated rings. The summed E-state index contributed by atoms with van der Waals surface area (Å²) in [6, 6.07) is 7.86. The van der Waals surface area contributed by atoms with Gasteiger partial charge in [-0.15, -0.1) is 5.10 Å².